The fourth-order valence-electron chi connectivity index (χ4n) is 4.71. The Bertz CT molecular complexity index is 1150. The minimum atomic E-state index is -1.01. The zero-order chi connectivity index (χ0) is 25.9. The zero-order valence-corrected chi connectivity index (χ0v) is 21.8. The van der Waals surface area contributed by atoms with Gasteiger partial charge in [0.15, 0.2) is 0 Å². The first-order chi connectivity index (χ1) is 17.1. The smallest absolute Gasteiger partial charge is 0.123 e. The van der Waals surface area contributed by atoms with Crippen molar-refractivity contribution in [3.63, 3.8) is 0 Å². The molecule has 3 aromatic carbocycles. The molecule has 1 saturated heterocycles. The van der Waals surface area contributed by atoms with Crippen molar-refractivity contribution in [1.82, 2.24) is 4.90 Å². The Morgan fingerprint density at radius 3 is 2.42 bits per heavy atom. The summed E-state index contributed by atoms with van der Waals surface area (Å²) >= 11 is 6.69. The quantitative estimate of drug-likeness (QED) is 0.428. The molecule has 1 aliphatic heterocycles. The summed E-state index contributed by atoms with van der Waals surface area (Å²) < 4.78 is 19.3. The molecule has 36 heavy (non-hydrogen) atoms. The normalized spacial score (nSPS) is 19.1. The van der Waals surface area contributed by atoms with Crippen LogP contribution >= 0.6 is 11.6 Å². The Balaban J connectivity index is 1.58. The summed E-state index contributed by atoms with van der Waals surface area (Å²) in [6, 6.07) is 20.0. The third-order valence-corrected chi connectivity index (χ3v) is 6.95. The maximum atomic E-state index is 13.7. The molecule has 0 radical (unpaired) electrons. The molecular formula is C29H34ClFN2O3. The van der Waals surface area contributed by atoms with Crippen molar-refractivity contribution < 1.29 is 19.3 Å². The van der Waals surface area contributed by atoms with E-state index in [0.717, 1.165) is 28.9 Å². The molecule has 7 heteroatoms. The van der Waals surface area contributed by atoms with Crippen LogP contribution in [-0.2, 0) is 5.60 Å². The van der Waals surface area contributed by atoms with E-state index in [1.165, 1.54) is 12.1 Å². The Hall–Kier alpha value is -2.64. The van der Waals surface area contributed by atoms with Crippen LogP contribution in [0.2, 0.25) is 5.02 Å². The van der Waals surface area contributed by atoms with Crippen LogP contribution in [-0.4, -0.2) is 54.0 Å². The van der Waals surface area contributed by atoms with Crippen LogP contribution in [0, 0.1) is 12.7 Å². The van der Waals surface area contributed by atoms with E-state index in [-0.39, 0.29) is 18.5 Å². The third kappa shape index (κ3) is 6.37. The lowest BCUT2D eigenvalue weighted by atomic mass is 9.93. The predicted molar refractivity (Wildman–Crippen MR) is 142 cm³/mol. The number of benzene rings is 3. The molecule has 192 valence electrons. The van der Waals surface area contributed by atoms with E-state index in [1.54, 1.807) is 13.0 Å². The maximum Gasteiger partial charge on any atom is 0.123 e. The summed E-state index contributed by atoms with van der Waals surface area (Å²) in [6.45, 7) is 8.26. The van der Waals surface area contributed by atoms with Crippen molar-refractivity contribution >= 4 is 17.3 Å². The number of rotatable bonds is 8. The SMILES string of the molecule is Cc1ccc([C@](C)(O)CN2CCN(c3ccc(OC[C@H](C)O)cc3Cl)[C@H](c3ccc(F)cc3)C2)cc1. The number of aliphatic hydroxyl groups excluding tert-OH is 1. The number of hydrogen-bond donors (Lipinski definition) is 2. The number of aryl methyl sites for hydroxylation is 1. The van der Waals surface area contributed by atoms with Crippen LogP contribution in [0.25, 0.3) is 0 Å². The van der Waals surface area contributed by atoms with Gasteiger partial charge in [0.05, 0.1) is 28.5 Å². The Morgan fingerprint density at radius 1 is 1.08 bits per heavy atom. The monoisotopic (exact) mass is 512 g/mol. The number of β-amino-alcohol motifs (C(OH)–C–C–N with tert-alkyl or cyclic N) is 1. The van der Waals surface area contributed by atoms with Gasteiger partial charge in [-0.1, -0.05) is 53.6 Å². The molecule has 0 bridgehead atoms. The third-order valence-electron chi connectivity index (χ3n) is 6.64. The summed E-state index contributed by atoms with van der Waals surface area (Å²) in [5.74, 6) is 0.314. The highest BCUT2D eigenvalue weighted by atomic mass is 35.5. The van der Waals surface area contributed by atoms with Gasteiger partial charge in [0.1, 0.15) is 18.2 Å². The van der Waals surface area contributed by atoms with Crippen LogP contribution in [0.15, 0.2) is 66.7 Å². The lowest BCUT2D eigenvalue weighted by Crippen LogP contribution is -2.52. The van der Waals surface area contributed by atoms with Gasteiger partial charge in [0, 0.05) is 32.2 Å². The van der Waals surface area contributed by atoms with E-state index >= 15 is 0 Å². The van der Waals surface area contributed by atoms with Gasteiger partial charge in [-0.25, -0.2) is 4.39 Å². The van der Waals surface area contributed by atoms with Crippen LogP contribution in [0.5, 0.6) is 5.75 Å². The van der Waals surface area contributed by atoms with Gasteiger partial charge in [0.2, 0.25) is 0 Å². The molecule has 0 spiro atoms. The molecule has 0 aromatic heterocycles. The molecule has 5 nitrogen and oxygen atoms in total. The van der Waals surface area contributed by atoms with Crippen LogP contribution in [0.4, 0.5) is 10.1 Å². The molecule has 1 aliphatic rings. The van der Waals surface area contributed by atoms with Crippen LogP contribution in [0.1, 0.15) is 36.6 Å². The second kappa shape index (κ2) is 11.2. The van der Waals surface area contributed by atoms with Gasteiger partial charge in [-0.2, -0.15) is 0 Å². The lowest BCUT2D eigenvalue weighted by molar-refractivity contribution is 0.0103. The number of anilines is 1. The molecule has 1 heterocycles. The molecule has 0 saturated carbocycles. The number of halogens is 2. The Kier molecular flexibility index (Phi) is 8.20. The first kappa shape index (κ1) is 26.4. The molecular weight excluding hydrogens is 479 g/mol. The summed E-state index contributed by atoms with van der Waals surface area (Å²) in [4.78, 5) is 4.48. The molecule has 0 aliphatic carbocycles. The van der Waals surface area contributed by atoms with Crippen molar-refractivity contribution in [1.29, 1.82) is 0 Å². The fourth-order valence-corrected chi connectivity index (χ4v) is 4.99. The van der Waals surface area contributed by atoms with Gasteiger partial charge in [-0.3, -0.25) is 4.90 Å². The molecule has 4 rings (SSSR count). The van der Waals surface area contributed by atoms with Crippen molar-refractivity contribution in [2.45, 2.75) is 38.5 Å². The fraction of sp³-hybridized carbons (Fsp3) is 0.379. The molecule has 2 N–H and O–H groups in total. The summed E-state index contributed by atoms with van der Waals surface area (Å²) in [7, 11) is 0. The van der Waals surface area contributed by atoms with Gasteiger partial charge >= 0.3 is 0 Å². The van der Waals surface area contributed by atoms with E-state index in [1.807, 2.05) is 62.4 Å². The first-order valence-electron chi connectivity index (χ1n) is 12.3. The molecule has 0 amide bonds. The van der Waals surface area contributed by atoms with E-state index in [2.05, 4.69) is 9.80 Å². The number of nitrogens with zero attached hydrogens (tertiary/aromatic N) is 2. The molecule has 3 aromatic rings. The summed E-state index contributed by atoms with van der Waals surface area (Å²) in [5.41, 5.74) is 2.86. The van der Waals surface area contributed by atoms with Crippen molar-refractivity contribution in [2.75, 3.05) is 37.7 Å². The van der Waals surface area contributed by atoms with Crippen molar-refractivity contribution in [2.24, 2.45) is 0 Å². The molecule has 0 unspecified atom stereocenters. The zero-order valence-electron chi connectivity index (χ0n) is 21.0. The second-order valence-corrected chi connectivity index (χ2v) is 10.3. The average molecular weight is 513 g/mol. The van der Waals surface area contributed by atoms with Crippen LogP contribution in [0.3, 0.4) is 0 Å². The molecule has 3 atom stereocenters. The lowest BCUT2D eigenvalue weighted by Gasteiger charge is -2.45. The standard InChI is InChI=1S/C29H34ClFN2O3/c1-20-4-8-23(9-5-20)29(3,35)19-32-14-15-33(28(17-32)22-6-10-24(31)11-7-22)27-13-12-25(16-26(27)30)36-18-21(2)34/h4-13,16,21,28,34-35H,14-15,17-19H2,1-3H3/t21-,28-,29+/m0/s1. The topological polar surface area (TPSA) is 56.2 Å². The minimum absolute atomic E-state index is 0.0881. The average Bonchev–Trinajstić information content (AvgIpc) is 2.83. The number of ether oxygens (including phenoxy) is 1. The first-order valence-corrected chi connectivity index (χ1v) is 12.6. The number of piperazine rings is 1. The number of hydrogen-bond acceptors (Lipinski definition) is 5. The maximum absolute atomic E-state index is 13.7. The highest BCUT2D eigenvalue weighted by Crippen LogP contribution is 2.38. The molecule has 1 fully saturated rings. The van der Waals surface area contributed by atoms with E-state index in [0.29, 0.717) is 30.4 Å². The van der Waals surface area contributed by atoms with Crippen LogP contribution < -0.4 is 9.64 Å². The van der Waals surface area contributed by atoms with Gasteiger partial charge < -0.3 is 19.8 Å². The summed E-state index contributed by atoms with van der Waals surface area (Å²) in [6.07, 6.45) is -0.573. The minimum Gasteiger partial charge on any atom is -0.491 e. The summed E-state index contributed by atoms with van der Waals surface area (Å²) in [5, 5.41) is 21.4. The Labute approximate surface area is 217 Å². The van der Waals surface area contributed by atoms with E-state index < -0.39 is 11.7 Å². The highest BCUT2D eigenvalue weighted by Gasteiger charge is 2.34. The predicted octanol–water partition coefficient (Wildman–Crippen LogP) is 5.32. The van der Waals surface area contributed by atoms with Gasteiger partial charge in [0.25, 0.3) is 0 Å². The highest BCUT2D eigenvalue weighted by molar-refractivity contribution is 6.33. The van der Waals surface area contributed by atoms with Gasteiger partial charge in [-0.15, -0.1) is 0 Å². The van der Waals surface area contributed by atoms with Gasteiger partial charge in [-0.05, 0) is 56.2 Å². The number of aliphatic hydroxyl groups is 2. The second-order valence-electron chi connectivity index (χ2n) is 9.91. The van der Waals surface area contributed by atoms with E-state index in [4.69, 9.17) is 16.3 Å². The van der Waals surface area contributed by atoms with Crippen molar-refractivity contribution in [3.8, 4) is 5.75 Å². The van der Waals surface area contributed by atoms with Crippen molar-refractivity contribution in [3.05, 3.63) is 94.3 Å². The largest absolute Gasteiger partial charge is 0.491 e. The van der Waals surface area contributed by atoms with E-state index in [9.17, 15) is 14.6 Å². The Morgan fingerprint density at radius 2 is 1.78 bits per heavy atom.